The third-order valence-corrected chi connectivity index (χ3v) is 5.35. The Morgan fingerprint density at radius 1 is 1.23 bits per heavy atom. The van der Waals surface area contributed by atoms with Crippen LogP contribution in [0.2, 0.25) is 0 Å². The van der Waals surface area contributed by atoms with Crippen LogP contribution < -0.4 is 10.1 Å². The summed E-state index contributed by atoms with van der Waals surface area (Å²) in [4.78, 5) is 13.1. The van der Waals surface area contributed by atoms with Crippen molar-refractivity contribution < 1.29 is 14.3 Å². The summed E-state index contributed by atoms with van der Waals surface area (Å²) >= 11 is 0. The molecule has 2 aromatic rings. The Morgan fingerprint density at radius 2 is 2.00 bits per heavy atom. The summed E-state index contributed by atoms with van der Waals surface area (Å²) < 4.78 is 11.6. The van der Waals surface area contributed by atoms with Crippen LogP contribution >= 0.6 is 0 Å². The Bertz CT molecular complexity index is 773. The van der Waals surface area contributed by atoms with Crippen LogP contribution in [0.15, 0.2) is 36.4 Å². The van der Waals surface area contributed by atoms with Crippen LogP contribution in [-0.2, 0) is 9.53 Å². The molecule has 1 fully saturated rings. The molecule has 0 aromatic heterocycles. The highest BCUT2D eigenvalue weighted by molar-refractivity contribution is 6.06. The Morgan fingerprint density at radius 3 is 2.69 bits per heavy atom. The summed E-state index contributed by atoms with van der Waals surface area (Å²) in [6.45, 7) is 4.96. The first kappa shape index (κ1) is 18.7. The number of ether oxygens (including phenoxy) is 2. The van der Waals surface area contributed by atoms with Gasteiger partial charge in [-0.25, -0.2) is 0 Å². The van der Waals surface area contributed by atoms with Crippen molar-refractivity contribution in [3.8, 4) is 5.75 Å². The van der Waals surface area contributed by atoms with E-state index in [2.05, 4.69) is 19.2 Å². The zero-order valence-electron chi connectivity index (χ0n) is 16.0. The zero-order chi connectivity index (χ0) is 18.6. The number of benzene rings is 2. The lowest BCUT2D eigenvalue weighted by Gasteiger charge is -2.37. The fraction of sp³-hybridized carbons (Fsp3) is 0.500. The van der Waals surface area contributed by atoms with E-state index in [0.717, 1.165) is 54.3 Å². The van der Waals surface area contributed by atoms with Crippen LogP contribution in [0.4, 0.5) is 5.69 Å². The van der Waals surface area contributed by atoms with E-state index >= 15 is 0 Å². The highest BCUT2D eigenvalue weighted by Crippen LogP contribution is 2.37. The van der Waals surface area contributed by atoms with E-state index in [-0.39, 0.29) is 5.91 Å². The lowest BCUT2D eigenvalue weighted by atomic mass is 9.78. The second kappa shape index (κ2) is 8.09. The van der Waals surface area contributed by atoms with Crippen molar-refractivity contribution in [1.29, 1.82) is 0 Å². The second-order valence-corrected chi connectivity index (χ2v) is 7.36. The van der Waals surface area contributed by atoms with Gasteiger partial charge in [-0.05, 0) is 43.7 Å². The molecule has 1 aliphatic carbocycles. The summed E-state index contributed by atoms with van der Waals surface area (Å²) in [6.07, 6.45) is 4.68. The monoisotopic (exact) mass is 355 g/mol. The number of anilines is 1. The van der Waals surface area contributed by atoms with Gasteiger partial charge in [-0.1, -0.05) is 44.5 Å². The number of amides is 1. The number of hydrogen-bond donors (Lipinski definition) is 1. The minimum atomic E-state index is -0.726. The van der Waals surface area contributed by atoms with Crippen molar-refractivity contribution in [3.63, 3.8) is 0 Å². The minimum absolute atomic E-state index is 0.0427. The zero-order valence-corrected chi connectivity index (χ0v) is 16.0. The van der Waals surface area contributed by atoms with Crippen molar-refractivity contribution in [3.05, 3.63) is 36.4 Å². The van der Waals surface area contributed by atoms with Crippen LogP contribution in [-0.4, -0.2) is 25.2 Å². The molecule has 26 heavy (non-hydrogen) atoms. The minimum Gasteiger partial charge on any atom is -0.493 e. The van der Waals surface area contributed by atoms with E-state index in [0.29, 0.717) is 12.5 Å². The van der Waals surface area contributed by atoms with Crippen molar-refractivity contribution >= 4 is 22.4 Å². The van der Waals surface area contributed by atoms with Gasteiger partial charge in [0, 0.05) is 23.6 Å². The standard InChI is InChI=1S/C22H29NO3/c1-4-14-26-20-12-11-19(17-9-5-6-10-18(17)20)23-21(24)22(25-3)13-7-8-16(2)15-22/h5-6,9-12,16H,4,7-8,13-15H2,1-3H3,(H,23,24)/t16-,22+/m0/s1. The average molecular weight is 355 g/mol. The molecule has 140 valence electrons. The van der Waals surface area contributed by atoms with Gasteiger partial charge in [-0.15, -0.1) is 0 Å². The van der Waals surface area contributed by atoms with Crippen molar-refractivity contribution in [1.82, 2.24) is 0 Å². The molecule has 0 saturated heterocycles. The Balaban J connectivity index is 1.90. The fourth-order valence-electron chi connectivity index (χ4n) is 3.94. The molecule has 0 heterocycles. The van der Waals surface area contributed by atoms with E-state index < -0.39 is 5.60 Å². The van der Waals surface area contributed by atoms with E-state index in [1.807, 2.05) is 36.4 Å². The number of hydrogen-bond acceptors (Lipinski definition) is 3. The first-order chi connectivity index (χ1) is 12.6. The summed E-state index contributed by atoms with van der Waals surface area (Å²) in [5.41, 5.74) is 0.0833. The molecule has 0 radical (unpaired) electrons. The Kier molecular flexibility index (Phi) is 5.82. The molecule has 0 spiro atoms. The highest BCUT2D eigenvalue weighted by Gasteiger charge is 2.42. The molecule has 3 rings (SSSR count). The van der Waals surface area contributed by atoms with Crippen LogP contribution in [0.1, 0.15) is 46.0 Å². The highest BCUT2D eigenvalue weighted by atomic mass is 16.5. The molecular weight excluding hydrogens is 326 g/mol. The van der Waals surface area contributed by atoms with Gasteiger partial charge < -0.3 is 14.8 Å². The van der Waals surface area contributed by atoms with Crippen LogP contribution in [0.5, 0.6) is 5.75 Å². The van der Waals surface area contributed by atoms with Gasteiger partial charge in [0.1, 0.15) is 11.4 Å². The first-order valence-electron chi connectivity index (χ1n) is 9.61. The summed E-state index contributed by atoms with van der Waals surface area (Å²) in [6, 6.07) is 11.9. The summed E-state index contributed by atoms with van der Waals surface area (Å²) in [5.74, 6) is 1.31. The largest absolute Gasteiger partial charge is 0.493 e. The fourth-order valence-corrected chi connectivity index (χ4v) is 3.94. The number of methoxy groups -OCH3 is 1. The molecule has 1 saturated carbocycles. The average Bonchev–Trinajstić information content (AvgIpc) is 2.67. The molecule has 0 unspecified atom stereocenters. The predicted octanol–water partition coefficient (Wildman–Crippen LogP) is 5.16. The van der Waals surface area contributed by atoms with Gasteiger partial charge in [0.25, 0.3) is 5.91 Å². The van der Waals surface area contributed by atoms with Gasteiger partial charge in [0.2, 0.25) is 0 Å². The van der Waals surface area contributed by atoms with E-state index in [9.17, 15) is 4.79 Å². The Hall–Kier alpha value is -2.07. The summed E-state index contributed by atoms with van der Waals surface area (Å²) in [5, 5.41) is 5.14. The third kappa shape index (κ3) is 3.70. The molecular formula is C22H29NO3. The Labute approximate surface area is 155 Å². The van der Waals surface area contributed by atoms with Crippen LogP contribution in [0, 0.1) is 5.92 Å². The van der Waals surface area contributed by atoms with E-state index in [1.54, 1.807) is 7.11 Å². The smallest absolute Gasteiger partial charge is 0.256 e. The number of carbonyl (C=O) groups excluding carboxylic acids is 1. The predicted molar refractivity (Wildman–Crippen MR) is 106 cm³/mol. The van der Waals surface area contributed by atoms with Gasteiger partial charge in [0.15, 0.2) is 0 Å². The first-order valence-corrected chi connectivity index (χ1v) is 9.61. The molecule has 2 atom stereocenters. The topological polar surface area (TPSA) is 47.6 Å². The maximum atomic E-state index is 13.1. The molecule has 1 N–H and O–H groups in total. The lowest BCUT2D eigenvalue weighted by Crippen LogP contribution is -2.47. The van der Waals surface area contributed by atoms with Gasteiger partial charge in [-0.3, -0.25) is 4.79 Å². The van der Waals surface area contributed by atoms with E-state index in [4.69, 9.17) is 9.47 Å². The normalized spacial score (nSPS) is 23.0. The molecule has 0 bridgehead atoms. The molecule has 2 aromatic carbocycles. The number of nitrogens with one attached hydrogen (secondary N) is 1. The number of rotatable bonds is 6. The maximum Gasteiger partial charge on any atom is 0.256 e. The van der Waals surface area contributed by atoms with Gasteiger partial charge in [-0.2, -0.15) is 0 Å². The maximum absolute atomic E-state index is 13.1. The van der Waals surface area contributed by atoms with Crippen LogP contribution in [0.25, 0.3) is 10.8 Å². The van der Waals surface area contributed by atoms with Crippen LogP contribution in [0.3, 0.4) is 0 Å². The number of fused-ring (bicyclic) bond motifs is 1. The quantitative estimate of drug-likeness (QED) is 0.778. The molecule has 1 aliphatic rings. The SMILES string of the molecule is CCCOc1ccc(NC(=O)[C@@]2(OC)CCC[C@H](C)C2)c2ccccc12. The van der Waals surface area contributed by atoms with E-state index in [1.165, 1.54) is 0 Å². The van der Waals surface area contributed by atoms with Crippen molar-refractivity contribution in [2.45, 2.75) is 51.6 Å². The summed E-state index contributed by atoms with van der Waals surface area (Å²) in [7, 11) is 1.65. The molecule has 1 amide bonds. The lowest BCUT2D eigenvalue weighted by molar-refractivity contribution is -0.143. The molecule has 4 heteroatoms. The second-order valence-electron chi connectivity index (χ2n) is 7.36. The van der Waals surface area contributed by atoms with Gasteiger partial charge in [0.05, 0.1) is 6.61 Å². The molecule has 0 aliphatic heterocycles. The third-order valence-electron chi connectivity index (χ3n) is 5.35. The van der Waals surface area contributed by atoms with Crippen molar-refractivity contribution in [2.75, 3.05) is 19.0 Å². The number of carbonyl (C=O) groups is 1. The van der Waals surface area contributed by atoms with Gasteiger partial charge >= 0.3 is 0 Å². The van der Waals surface area contributed by atoms with Crippen molar-refractivity contribution in [2.24, 2.45) is 5.92 Å². The molecule has 4 nitrogen and oxygen atoms in total.